The molecule has 1 aliphatic rings. The Morgan fingerprint density at radius 2 is 1.01 bits per heavy atom. The second kappa shape index (κ2) is 40.1. The van der Waals surface area contributed by atoms with Gasteiger partial charge in [-0.1, -0.05) is 149 Å². The van der Waals surface area contributed by atoms with Crippen LogP contribution in [0.15, 0.2) is 109 Å². The first kappa shape index (κ1) is 64.6. The Bertz CT molecular complexity index is 1780. The average molecular weight is 1030 g/mol. The molecule has 0 amide bonds. The van der Waals surface area contributed by atoms with Crippen LogP contribution in [0, 0.1) is 0 Å². The van der Waals surface area contributed by atoms with E-state index in [1.807, 2.05) is 36.5 Å². The molecule has 9 atom stereocenters. The van der Waals surface area contributed by atoms with Gasteiger partial charge in [0.15, 0.2) is 6.10 Å². The van der Waals surface area contributed by atoms with Crippen molar-refractivity contribution in [2.45, 2.75) is 185 Å². The van der Waals surface area contributed by atoms with Crippen LogP contribution in [0.25, 0.3) is 0 Å². The van der Waals surface area contributed by atoms with Gasteiger partial charge in [-0.05, 0) is 83.5 Å². The fourth-order valence-electron chi connectivity index (χ4n) is 6.66. The zero-order chi connectivity index (χ0) is 51.9. The second-order valence-corrected chi connectivity index (χ2v) is 19.2. The number of carbonyl (C=O) groups is 2. The van der Waals surface area contributed by atoms with E-state index in [-0.39, 0.29) is 12.8 Å². The van der Waals surface area contributed by atoms with Gasteiger partial charge in [0.05, 0.1) is 12.7 Å². The highest BCUT2D eigenvalue weighted by Gasteiger charge is 2.54. The van der Waals surface area contributed by atoms with Gasteiger partial charge in [0.2, 0.25) is 0 Å². The number of phosphoric ester groups is 2. The minimum atomic E-state index is -5.39. The smallest absolute Gasteiger partial charge is 0.462 e. The van der Waals surface area contributed by atoms with Crippen LogP contribution in [0.2, 0.25) is 0 Å². The average Bonchev–Trinajstić information content (AvgIpc) is 3.31. The first-order valence-electron chi connectivity index (χ1n) is 24.5. The van der Waals surface area contributed by atoms with Crippen molar-refractivity contribution in [2.24, 2.45) is 0 Å². The summed E-state index contributed by atoms with van der Waals surface area (Å²) >= 11 is 0. The van der Waals surface area contributed by atoms with E-state index >= 15 is 0 Å². The summed E-state index contributed by atoms with van der Waals surface area (Å²) in [6, 6.07) is 0. The fraction of sp³-hybridized carbons (Fsp3) is 0.608. The molecule has 6 unspecified atom stereocenters. The number of ether oxygens (including phenoxy) is 2. The van der Waals surface area contributed by atoms with Crippen LogP contribution in [-0.4, -0.2) is 114 Å². The number of aliphatic hydroxyl groups is 5. The van der Waals surface area contributed by atoms with Crippen LogP contribution in [0.3, 0.4) is 0 Å². The van der Waals surface area contributed by atoms with E-state index in [1.54, 1.807) is 12.2 Å². The summed E-state index contributed by atoms with van der Waals surface area (Å²) in [5.74, 6) is -1.34. The molecule has 1 rings (SSSR count). The van der Waals surface area contributed by atoms with Crippen LogP contribution in [0.1, 0.15) is 136 Å². The van der Waals surface area contributed by atoms with Crippen molar-refractivity contribution in [1.82, 2.24) is 0 Å². The quantitative estimate of drug-likeness (QED) is 0.00940. The number of rotatable bonds is 39. The lowest BCUT2D eigenvalue weighted by atomic mass is 9.85. The Kier molecular flexibility index (Phi) is 37.1. The SMILES string of the molecule is CC/C=C\C/C=C\C/C=C\C/C=C\CCCCCCCCC(=O)O[C@H](COC(=O)CCC/C=C\C/C=C\C=C\C(O)C/C=C\C/C=C\CC)COP(=O)(O)O[C@H]1C(O)C(O)C(O)[C@@H](OP(=O)(O)O)C1O. The summed E-state index contributed by atoms with van der Waals surface area (Å²) in [5.41, 5.74) is 0. The van der Waals surface area contributed by atoms with Gasteiger partial charge in [0, 0.05) is 12.8 Å². The van der Waals surface area contributed by atoms with Crippen LogP contribution < -0.4 is 0 Å². The van der Waals surface area contributed by atoms with Crippen molar-refractivity contribution >= 4 is 27.6 Å². The normalized spacial score (nSPS) is 22.4. The number of carbonyl (C=O) groups excluding carboxylic acids is 2. The summed E-state index contributed by atoms with van der Waals surface area (Å²) in [4.78, 5) is 54.4. The summed E-state index contributed by atoms with van der Waals surface area (Å²) in [6.45, 7) is 2.74. The number of esters is 2. The third kappa shape index (κ3) is 34.1. The molecule has 1 aliphatic carbocycles. The van der Waals surface area contributed by atoms with Crippen LogP contribution in [0.5, 0.6) is 0 Å². The minimum absolute atomic E-state index is 0.000195. The Labute approximate surface area is 415 Å². The van der Waals surface area contributed by atoms with E-state index < -0.39 is 89.6 Å². The lowest BCUT2D eigenvalue weighted by molar-refractivity contribution is -0.216. The molecule has 0 spiro atoms. The highest BCUT2D eigenvalue weighted by atomic mass is 31.2. The third-order valence-electron chi connectivity index (χ3n) is 10.4. The minimum Gasteiger partial charge on any atom is -0.462 e. The second-order valence-electron chi connectivity index (χ2n) is 16.6. The fourth-order valence-corrected chi connectivity index (χ4v) is 8.20. The van der Waals surface area contributed by atoms with Gasteiger partial charge in [-0.2, -0.15) is 0 Å². The molecule has 1 fully saturated rings. The maximum Gasteiger partial charge on any atom is 0.472 e. The van der Waals surface area contributed by atoms with Crippen molar-refractivity contribution in [3.05, 3.63) is 109 Å². The summed E-state index contributed by atoms with van der Waals surface area (Å²) in [6.07, 6.45) is 34.9. The number of aliphatic hydroxyl groups excluding tert-OH is 5. The van der Waals surface area contributed by atoms with E-state index in [2.05, 4.69) is 79.1 Å². The highest BCUT2D eigenvalue weighted by Crippen LogP contribution is 2.49. The molecule has 0 saturated heterocycles. The summed E-state index contributed by atoms with van der Waals surface area (Å²) in [5, 5.41) is 51.3. The van der Waals surface area contributed by atoms with E-state index in [9.17, 15) is 58.9 Å². The Morgan fingerprint density at radius 3 is 1.60 bits per heavy atom. The first-order valence-corrected chi connectivity index (χ1v) is 27.6. The van der Waals surface area contributed by atoms with Gasteiger partial charge >= 0.3 is 27.6 Å². The van der Waals surface area contributed by atoms with Crippen molar-refractivity contribution in [1.29, 1.82) is 0 Å². The molecule has 0 bridgehead atoms. The number of unbranched alkanes of at least 4 members (excludes halogenated alkanes) is 7. The summed E-state index contributed by atoms with van der Waals surface area (Å²) < 4.78 is 49.3. The molecule has 0 aromatic rings. The van der Waals surface area contributed by atoms with Crippen LogP contribution in [0.4, 0.5) is 0 Å². The van der Waals surface area contributed by atoms with E-state index in [0.717, 1.165) is 77.0 Å². The van der Waals surface area contributed by atoms with Crippen molar-refractivity contribution < 1.29 is 82.0 Å². The van der Waals surface area contributed by atoms with E-state index in [0.29, 0.717) is 32.1 Å². The Balaban J connectivity index is 2.65. The van der Waals surface area contributed by atoms with Gasteiger partial charge in [-0.25, -0.2) is 9.13 Å². The molecule has 0 aromatic carbocycles. The van der Waals surface area contributed by atoms with E-state index in [1.165, 1.54) is 0 Å². The van der Waals surface area contributed by atoms with Gasteiger partial charge in [0.25, 0.3) is 0 Å². The summed E-state index contributed by atoms with van der Waals surface area (Å²) in [7, 11) is -10.7. The number of hydrogen-bond donors (Lipinski definition) is 8. The zero-order valence-electron chi connectivity index (χ0n) is 41.0. The van der Waals surface area contributed by atoms with Crippen molar-refractivity contribution in [3.63, 3.8) is 0 Å². The predicted molar refractivity (Wildman–Crippen MR) is 270 cm³/mol. The number of allylic oxidation sites excluding steroid dienone is 16. The molecule has 19 heteroatoms. The largest absolute Gasteiger partial charge is 0.472 e. The van der Waals surface area contributed by atoms with Crippen LogP contribution in [-0.2, 0) is 41.8 Å². The van der Waals surface area contributed by atoms with Gasteiger partial charge in [-0.3, -0.25) is 23.2 Å². The lowest BCUT2D eigenvalue weighted by Gasteiger charge is -2.43. The molecule has 0 aromatic heterocycles. The molecule has 1 saturated carbocycles. The maximum absolute atomic E-state index is 13.0. The zero-order valence-corrected chi connectivity index (χ0v) is 42.8. The van der Waals surface area contributed by atoms with Gasteiger partial charge < -0.3 is 49.7 Å². The Morgan fingerprint density at radius 1 is 0.529 bits per heavy atom. The standard InChI is InChI=1S/C51H82O17P2/c1-3-5-7-9-11-12-13-14-15-16-17-18-19-20-21-22-27-31-35-39-45(54)66-43(41-65-70(62,63)68-51-48(57)46(55)47(56)50(49(51)58)67-69(59,60)61)40-64-44(53)38-34-30-26-24-23-25-29-33-37-42(52)36-32-28-10-8-6-4-2/h5-8,11-12,14-15,17-18,24-26,28-29,32-33,37,42-43,46-52,55-58H,3-4,9-10,13,16,19-23,27,30-31,34-36,38-41H2,1-2H3,(H,62,63)(H2,59,60,61)/b7-5-,8-6-,12-11-,15-14-,18-17-,26-24-,29-25-,32-28-,37-33+/t42?,43-,46?,47?,48?,49?,50-,51+/m1/s1. The van der Waals surface area contributed by atoms with Crippen molar-refractivity contribution in [2.75, 3.05) is 13.2 Å². The molecule has 8 N–H and O–H groups in total. The molecule has 17 nitrogen and oxygen atoms in total. The Hall–Kier alpha value is -3.38. The van der Waals surface area contributed by atoms with Crippen LogP contribution >= 0.6 is 15.6 Å². The predicted octanol–water partition coefficient (Wildman–Crippen LogP) is 8.70. The number of phosphoric acid groups is 2. The molecule has 70 heavy (non-hydrogen) atoms. The van der Waals surface area contributed by atoms with Gasteiger partial charge in [-0.15, -0.1) is 0 Å². The molecular weight excluding hydrogens is 946 g/mol. The monoisotopic (exact) mass is 1030 g/mol. The third-order valence-corrected chi connectivity index (χ3v) is 11.9. The molecular formula is C51H82O17P2. The van der Waals surface area contributed by atoms with E-state index in [4.69, 9.17) is 18.5 Å². The highest BCUT2D eigenvalue weighted by molar-refractivity contribution is 7.47. The topological polar surface area (TPSA) is 276 Å². The maximum atomic E-state index is 13.0. The molecule has 0 aliphatic heterocycles. The first-order chi connectivity index (χ1) is 33.5. The molecule has 0 radical (unpaired) electrons. The molecule has 398 valence electrons. The van der Waals surface area contributed by atoms with Gasteiger partial charge in [0.1, 0.15) is 43.2 Å². The number of hydrogen-bond acceptors (Lipinski definition) is 14. The lowest BCUT2D eigenvalue weighted by Crippen LogP contribution is -2.64. The van der Waals surface area contributed by atoms with Crippen molar-refractivity contribution in [3.8, 4) is 0 Å². The molecule has 0 heterocycles.